The second-order valence-corrected chi connectivity index (χ2v) is 6.70. The van der Waals surface area contributed by atoms with E-state index in [1.54, 1.807) is 6.07 Å². The van der Waals surface area contributed by atoms with Gasteiger partial charge in [-0.1, -0.05) is 54.9 Å². The quantitative estimate of drug-likeness (QED) is 0.774. The molecule has 5 heteroatoms. The third-order valence-corrected chi connectivity index (χ3v) is 4.26. The smallest absolute Gasteiger partial charge is 0.224 e. The van der Waals surface area contributed by atoms with Crippen LogP contribution in [0.2, 0.25) is 5.02 Å². The fourth-order valence-electron chi connectivity index (χ4n) is 2.46. The monoisotopic (exact) mass is 358 g/mol. The maximum absolute atomic E-state index is 12.1. The van der Waals surface area contributed by atoms with E-state index in [9.17, 15) is 9.59 Å². The lowest BCUT2D eigenvalue weighted by Crippen LogP contribution is -2.26. The van der Waals surface area contributed by atoms with Crippen molar-refractivity contribution in [2.24, 2.45) is 5.92 Å². The molecule has 2 rings (SSSR count). The first-order valence-corrected chi connectivity index (χ1v) is 8.68. The summed E-state index contributed by atoms with van der Waals surface area (Å²) in [6.45, 7) is 4.30. The zero-order chi connectivity index (χ0) is 18.2. The predicted molar refractivity (Wildman–Crippen MR) is 102 cm³/mol. The summed E-state index contributed by atoms with van der Waals surface area (Å²) >= 11 is 6.05. The molecule has 1 atom stereocenters. The molecule has 2 amide bonds. The number of carbonyl (C=O) groups excluding carboxylic acids is 2. The maximum Gasteiger partial charge on any atom is 0.224 e. The van der Waals surface area contributed by atoms with Crippen LogP contribution in [0.15, 0.2) is 48.5 Å². The molecule has 0 aliphatic carbocycles. The van der Waals surface area contributed by atoms with Crippen molar-refractivity contribution in [2.45, 2.75) is 33.2 Å². The van der Waals surface area contributed by atoms with E-state index >= 15 is 0 Å². The van der Waals surface area contributed by atoms with Crippen molar-refractivity contribution >= 4 is 29.1 Å². The van der Waals surface area contributed by atoms with Gasteiger partial charge in [-0.05, 0) is 36.1 Å². The van der Waals surface area contributed by atoms with E-state index in [4.69, 9.17) is 11.6 Å². The van der Waals surface area contributed by atoms with Crippen molar-refractivity contribution in [3.05, 3.63) is 64.7 Å². The highest BCUT2D eigenvalue weighted by Crippen LogP contribution is 2.20. The number of hydrogen-bond donors (Lipinski definition) is 2. The van der Waals surface area contributed by atoms with E-state index in [1.807, 2.05) is 56.3 Å². The van der Waals surface area contributed by atoms with Gasteiger partial charge in [-0.25, -0.2) is 0 Å². The Morgan fingerprint density at radius 1 is 1.04 bits per heavy atom. The molecule has 0 aliphatic rings. The molecule has 0 aromatic heterocycles. The minimum Gasteiger partial charge on any atom is -0.352 e. The molecule has 4 nitrogen and oxygen atoms in total. The number of amides is 2. The van der Waals surface area contributed by atoms with Crippen LogP contribution < -0.4 is 10.6 Å². The van der Waals surface area contributed by atoms with Crippen molar-refractivity contribution in [1.29, 1.82) is 0 Å². The molecule has 0 fully saturated rings. The van der Waals surface area contributed by atoms with Gasteiger partial charge in [0.15, 0.2) is 0 Å². The first kappa shape index (κ1) is 19.0. The van der Waals surface area contributed by atoms with Gasteiger partial charge in [0.2, 0.25) is 11.8 Å². The van der Waals surface area contributed by atoms with E-state index in [1.165, 1.54) is 0 Å². The molecular weight excluding hydrogens is 336 g/mol. The molecule has 0 radical (unpaired) electrons. The van der Waals surface area contributed by atoms with E-state index < -0.39 is 0 Å². The van der Waals surface area contributed by atoms with Crippen LogP contribution in [0.4, 0.5) is 5.69 Å². The van der Waals surface area contributed by atoms with Gasteiger partial charge < -0.3 is 10.6 Å². The summed E-state index contributed by atoms with van der Waals surface area (Å²) in [6.07, 6.45) is 0.596. The molecule has 0 aliphatic heterocycles. The van der Waals surface area contributed by atoms with Crippen LogP contribution in [-0.4, -0.2) is 11.8 Å². The Hall–Kier alpha value is -2.33. The highest BCUT2D eigenvalue weighted by molar-refractivity contribution is 6.31. The second kappa shape index (κ2) is 9.23. The number of benzene rings is 2. The Balaban J connectivity index is 1.74. The van der Waals surface area contributed by atoms with Crippen LogP contribution in [0.25, 0.3) is 0 Å². The van der Waals surface area contributed by atoms with Gasteiger partial charge in [0.05, 0.1) is 0 Å². The standard InChI is InChI=1S/C20H23ClN2O2/c1-14(10-19(24)22-13-16-6-4-3-5-7-16)11-20(25)23-17-9-8-15(2)18(21)12-17/h3-9,12,14H,10-11,13H2,1-2H3,(H,22,24)(H,23,25)/t14-/m0/s1. The molecule has 2 aromatic rings. The number of halogens is 1. The van der Waals surface area contributed by atoms with Gasteiger partial charge >= 0.3 is 0 Å². The van der Waals surface area contributed by atoms with Gasteiger partial charge in [-0.2, -0.15) is 0 Å². The minimum atomic E-state index is -0.122. The van der Waals surface area contributed by atoms with E-state index in [0.717, 1.165) is 11.1 Å². The molecule has 0 spiro atoms. The van der Waals surface area contributed by atoms with Crippen LogP contribution in [-0.2, 0) is 16.1 Å². The molecule has 0 saturated carbocycles. The van der Waals surface area contributed by atoms with Crippen molar-refractivity contribution < 1.29 is 9.59 Å². The fraction of sp³-hybridized carbons (Fsp3) is 0.300. The summed E-state index contributed by atoms with van der Waals surface area (Å²) < 4.78 is 0. The van der Waals surface area contributed by atoms with Gasteiger partial charge in [0.25, 0.3) is 0 Å². The first-order chi connectivity index (χ1) is 11.9. The maximum atomic E-state index is 12.1. The first-order valence-electron chi connectivity index (χ1n) is 8.30. The minimum absolute atomic E-state index is 0.0447. The lowest BCUT2D eigenvalue weighted by atomic mass is 10.0. The molecule has 132 valence electrons. The van der Waals surface area contributed by atoms with Crippen molar-refractivity contribution in [3.8, 4) is 0 Å². The molecule has 0 heterocycles. The van der Waals surface area contributed by atoms with E-state index in [2.05, 4.69) is 10.6 Å². The average Bonchev–Trinajstić information content (AvgIpc) is 2.57. The Morgan fingerprint density at radius 2 is 1.72 bits per heavy atom. The summed E-state index contributed by atoms with van der Waals surface area (Å²) in [5.41, 5.74) is 2.68. The largest absolute Gasteiger partial charge is 0.352 e. The zero-order valence-corrected chi connectivity index (χ0v) is 15.3. The Labute approximate surface area is 153 Å². The molecule has 25 heavy (non-hydrogen) atoms. The molecule has 0 saturated heterocycles. The fourth-order valence-corrected chi connectivity index (χ4v) is 2.64. The summed E-state index contributed by atoms with van der Waals surface area (Å²) in [5, 5.41) is 6.31. The zero-order valence-electron chi connectivity index (χ0n) is 14.5. The molecular formula is C20H23ClN2O2. The van der Waals surface area contributed by atoms with E-state index in [0.29, 0.717) is 23.7 Å². The summed E-state index contributed by atoms with van der Waals surface area (Å²) in [7, 11) is 0. The molecule has 2 N–H and O–H groups in total. The highest BCUT2D eigenvalue weighted by atomic mass is 35.5. The van der Waals surface area contributed by atoms with Crippen molar-refractivity contribution in [2.75, 3.05) is 5.32 Å². The lowest BCUT2D eigenvalue weighted by molar-refractivity contribution is -0.122. The third kappa shape index (κ3) is 6.59. The second-order valence-electron chi connectivity index (χ2n) is 6.29. The number of rotatable bonds is 7. The summed E-state index contributed by atoms with van der Waals surface area (Å²) in [6, 6.07) is 15.1. The van der Waals surface area contributed by atoms with E-state index in [-0.39, 0.29) is 24.2 Å². The SMILES string of the molecule is Cc1ccc(NC(=O)C[C@@H](C)CC(=O)NCc2ccccc2)cc1Cl. The van der Waals surface area contributed by atoms with Crippen LogP contribution in [0, 0.1) is 12.8 Å². The molecule has 2 aromatic carbocycles. The van der Waals surface area contributed by atoms with Crippen LogP contribution in [0.1, 0.15) is 30.9 Å². The number of anilines is 1. The van der Waals surface area contributed by atoms with Crippen molar-refractivity contribution in [1.82, 2.24) is 5.32 Å². The topological polar surface area (TPSA) is 58.2 Å². The molecule has 0 unspecified atom stereocenters. The van der Waals surface area contributed by atoms with Crippen molar-refractivity contribution in [3.63, 3.8) is 0 Å². The number of nitrogens with one attached hydrogen (secondary N) is 2. The summed E-state index contributed by atoms with van der Waals surface area (Å²) in [5.74, 6) is -0.220. The average molecular weight is 359 g/mol. The number of carbonyl (C=O) groups is 2. The third-order valence-electron chi connectivity index (χ3n) is 3.86. The number of hydrogen-bond acceptors (Lipinski definition) is 2. The van der Waals surface area contributed by atoms with Gasteiger partial charge in [0.1, 0.15) is 0 Å². The van der Waals surface area contributed by atoms with Gasteiger partial charge in [-0.15, -0.1) is 0 Å². The Kier molecular flexibility index (Phi) is 7.02. The molecule has 0 bridgehead atoms. The summed E-state index contributed by atoms with van der Waals surface area (Å²) in [4.78, 5) is 24.1. The van der Waals surface area contributed by atoms with Crippen LogP contribution in [0.5, 0.6) is 0 Å². The number of aryl methyl sites for hydroxylation is 1. The lowest BCUT2D eigenvalue weighted by Gasteiger charge is -2.12. The highest BCUT2D eigenvalue weighted by Gasteiger charge is 2.14. The Bertz CT molecular complexity index is 732. The van der Waals surface area contributed by atoms with Gasteiger partial charge in [0, 0.05) is 30.1 Å². The van der Waals surface area contributed by atoms with Crippen LogP contribution in [0.3, 0.4) is 0 Å². The predicted octanol–water partition coefficient (Wildman–Crippen LogP) is 4.32. The normalized spacial score (nSPS) is 11.6. The Morgan fingerprint density at radius 3 is 2.40 bits per heavy atom. The van der Waals surface area contributed by atoms with Gasteiger partial charge in [-0.3, -0.25) is 9.59 Å². The van der Waals surface area contributed by atoms with Crippen LogP contribution >= 0.6 is 11.6 Å².